The van der Waals surface area contributed by atoms with Crippen LogP contribution in [0, 0.1) is 0 Å². The van der Waals surface area contributed by atoms with Gasteiger partial charge in [-0.15, -0.1) is 0 Å². The Balaban J connectivity index is 1.08. The van der Waals surface area contributed by atoms with Crippen LogP contribution in [-0.4, -0.2) is 0 Å². The van der Waals surface area contributed by atoms with Crippen LogP contribution in [0.2, 0.25) is 0 Å². The molecule has 0 aliphatic heterocycles. The quantitative estimate of drug-likeness (QED) is 0.170. The van der Waals surface area contributed by atoms with Gasteiger partial charge in [-0.05, 0) is 120 Å². The number of anilines is 3. The number of fused-ring (bicyclic) bond motifs is 9. The van der Waals surface area contributed by atoms with Gasteiger partial charge in [0.2, 0.25) is 0 Å². The third-order valence-electron chi connectivity index (χ3n) is 13.9. The Labute approximate surface area is 343 Å². The molecule has 3 aliphatic rings. The second-order valence-corrected chi connectivity index (χ2v) is 18.1. The first-order valence-corrected chi connectivity index (χ1v) is 20.8. The summed E-state index contributed by atoms with van der Waals surface area (Å²) in [5.41, 5.74) is 24.6. The number of hydrogen-bond donors (Lipinski definition) is 0. The van der Waals surface area contributed by atoms with Crippen molar-refractivity contribution in [1.29, 1.82) is 0 Å². The molecule has 0 spiro atoms. The zero-order valence-electron chi connectivity index (χ0n) is 34.2. The monoisotopic (exact) mass is 745 g/mol. The molecule has 280 valence electrons. The SMILES string of the molecule is CC1(C)c2ccccc2-c2cc(N(c3ccc(-c4ccc5c(c4)C(C)(C)c4ccccc4-5)cc3)c3ccccc3-c3cccc4c3-c3ccccc3C4(C)C)ccc21. The van der Waals surface area contributed by atoms with Gasteiger partial charge in [-0.3, -0.25) is 0 Å². The second kappa shape index (κ2) is 12.3. The molecule has 1 heteroatoms. The van der Waals surface area contributed by atoms with Gasteiger partial charge in [0.1, 0.15) is 0 Å². The van der Waals surface area contributed by atoms with Gasteiger partial charge in [0.25, 0.3) is 0 Å². The van der Waals surface area contributed by atoms with E-state index in [4.69, 9.17) is 0 Å². The Morgan fingerprint density at radius 1 is 0.293 bits per heavy atom. The van der Waals surface area contributed by atoms with E-state index in [1.807, 2.05) is 0 Å². The molecule has 0 bridgehead atoms. The molecule has 0 unspecified atom stereocenters. The molecular formula is C57H47N. The van der Waals surface area contributed by atoms with Crippen LogP contribution in [0.3, 0.4) is 0 Å². The molecule has 1 nitrogen and oxygen atoms in total. The van der Waals surface area contributed by atoms with Gasteiger partial charge < -0.3 is 4.90 Å². The number of nitrogens with zero attached hydrogens (tertiary/aromatic N) is 1. The summed E-state index contributed by atoms with van der Waals surface area (Å²) in [5, 5.41) is 0. The number of benzene rings is 8. The van der Waals surface area contributed by atoms with Gasteiger partial charge in [-0.2, -0.15) is 0 Å². The van der Waals surface area contributed by atoms with E-state index in [0.29, 0.717) is 0 Å². The minimum atomic E-state index is -0.0812. The van der Waals surface area contributed by atoms with E-state index in [1.54, 1.807) is 0 Å². The highest BCUT2D eigenvalue weighted by Crippen LogP contribution is 2.55. The number of rotatable bonds is 5. The van der Waals surface area contributed by atoms with Crippen LogP contribution >= 0.6 is 0 Å². The van der Waals surface area contributed by atoms with Crippen LogP contribution in [0.5, 0.6) is 0 Å². The fourth-order valence-electron chi connectivity index (χ4n) is 10.8. The lowest BCUT2D eigenvalue weighted by Crippen LogP contribution is -2.16. The van der Waals surface area contributed by atoms with E-state index < -0.39 is 0 Å². The smallest absolute Gasteiger partial charge is 0.0540 e. The lowest BCUT2D eigenvalue weighted by atomic mass is 9.81. The summed E-state index contributed by atoms with van der Waals surface area (Å²) in [6, 6.07) is 66.2. The van der Waals surface area contributed by atoms with Crippen molar-refractivity contribution in [1.82, 2.24) is 0 Å². The van der Waals surface area contributed by atoms with Gasteiger partial charge in [-0.1, -0.05) is 181 Å². The minimum Gasteiger partial charge on any atom is -0.310 e. The predicted molar refractivity (Wildman–Crippen MR) is 245 cm³/mol. The average Bonchev–Trinajstić information content (AvgIpc) is 3.74. The highest BCUT2D eigenvalue weighted by Gasteiger charge is 2.39. The van der Waals surface area contributed by atoms with E-state index in [-0.39, 0.29) is 16.2 Å². The molecule has 58 heavy (non-hydrogen) atoms. The van der Waals surface area contributed by atoms with Crippen molar-refractivity contribution in [2.24, 2.45) is 0 Å². The molecule has 0 saturated heterocycles. The molecule has 11 rings (SSSR count). The largest absolute Gasteiger partial charge is 0.310 e. The van der Waals surface area contributed by atoms with Crippen molar-refractivity contribution in [2.45, 2.75) is 57.8 Å². The first-order valence-electron chi connectivity index (χ1n) is 20.8. The fourth-order valence-corrected chi connectivity index (χ4v) is 10.8. The lowest BCUT2D eigenvalue weighted by Gasteiger charge is -2.30. The van der Waals surface area contributed by atoms with E-state index in [9.17, 15) is 0 Å². The summed E-state index contributed by atoms with van der Waals surface area (Å²) in [5.74, 6) is 0. The minimum absolute atomic E-state index is 0.0452. The highest BCUT2D eigenvalue weighted by atomic mass is 15.1. The zero-order valence-corrected chi connectivity index (χ0v) is 34.2. The standard InChI is InChI=1S/C57H47N/c1-55(2)48-22-12-8-17-41(48)46-35-39(31-33-50(46)55)58(38-29-26-36(27-30-38)37-28-32-42-40-16-7-11-21-47(40)57(5,6)52(42)34-37)53-25-14-10-18-43(53)44-20-15-24-51-54(44)45-19-9-13-23-49(45)56(51,3)4/h7-35H,1-6H3. The van der Waals surface area contributed by atoms with Crippen LogP contribution in [0.4, 0.5) is 17.1 Å². The van der Waals surface area contributed by atoms with E-state index in [0.717, 1.165) is 17.1 Å². The summed E-state index contributed by atoms with van der Waals surface area (Å²) in [6.07, 6.45) is 0. The van der Waals surface area contributed by atoms with Gasteiger partial charge in [0, 0.05) is 33.2 Å². The average molecular weight is 746 g/mol. The van der Waals surface area contributed by atoms with Crippen molar-refractivity contribution in [3.05, 3.63) is 209 Å². The Hall–Kier alpha value is -6.44. The number of hydrogen-bond acceptors (Lipinski definition) is 1. The van der Waals surface area contributed by atoms with Crippen molar-refractivity contribution in [2.75, 3.05) is 4.90 Å². The maximum absolute atomic E-state index is 2.49. The summed E-state index contributed by atoms with van der Waals surface area (Å²) < 4.78 is 0. The molecule has 0 radical (unpaired) electrons. The zero-order chi connectivity index (χ0) is 39.6. The third-order valence-corrected chi connectivity index (χ3v) is 13.9. The molecule has 0 saturated carbocycles. The Kier molecular flexibility index (Phi) is 7.36. The third kappa shape index (κ3) is 4.83. The van der Waals surface area contributed by atoms with Gasteiger partial charge >= 0.3 is 0 Å². The summed E-state index contributed by atoms with van der Waals surface area (Å²) in [6.45, 7) is 14.2. The molecule has 0 N–H and O–H groups in total. The molecule has 0 aromatic heterocycles. The molecule has 0 atom stereocenters. The van der Waals surface area contributed by atoms with Crippen molar-refractivity contribution < 1.29 is 0 Å². The van der Waals surface area contributed by atoms with E-state index >= 15 is 0 Å². The molecule has 8 aromatic carbocycles. The van der Waals surface area contributed by atoms with E-state index in [1.165, 1.54) is 89.0 Å². The summed E-state index contributed by atoms with van der Waals surface area (Å²) >= 11 is 0. The van der Waals surface area contributed by atoms with Crippen molar-refractivity contribution >= 4 is 17.1 Å². The number of para-hydroxylation sites is 1. The summed E-state index contributed by atoms with van der Waals surface area (Å²) in [7, 11) is 0. The van der Waals surface area contributed by atoms with Crippen molar-refractivity contribution in [3.63, 3.8) is 0 Å². The Bertz CT molecular complexity index is 2970. The molecule has 3 aliphatic carbocycles. The highest BCUT2D eigenvalue weighted by molar-refractivity contribution is 5.99. The predicted octanol–water partition coefficient (Wildman–Crippen LogP) is 15.4. The van der Waals surface area contributed by atoms with Crippen LogP contribution in [0.25, 0.3) is 55.6 Å². The van der Waals surface area contributed by atoms with Crippen LogP contribution < -0.4 is 4.90 Å². The normalized spacial score (nSPS) is 15.5. The second-order valence-electron chi connectivity index (χ2n) is 18.1. The fraction of sp³-hybridized carbons (Fsp3) is 0.158. The van der Waals surface area contributed by atoms with Gasteiger partial charge in [0.15, 0.2) is 0 Å². The molecule has 0 fully saturated rings. The van der Waals surface area contributed by atoms with Crippen LogP contribution in [0.15, 0.2) is 176 Å². The lowest BCUT2D eigenvalue weighted by molar-refractivity contribution is 0.660. The Morgan fingerprint density at radius 3 is 1.47 bits per heavy atom. The molecule has 8 aromatic rings. The van der Waals surface area contributed by atoms with Gasteiger partial charge in [0.05, 0.1) is 5.69 Å². The van der Waals surface area contributed by atoms with E-state index in [2.05, 4.69) is 222 Å². The van der Waals surface area contributed by atoms with Crippen LogP contribution in [-0.2, 0) is 16.2 Å². The van der Waals surface area contributed by atoms with Crippen molar-refractivity contribution in [3.8, 4) is 55.6 Å². The molecule has 0 amide bonds. The Morgan fingerprint density at radius 2 is 0.759 bits per heavy atom. The van der Waals surface area contributed by atoms with Crippen LogP contribution in [0.1, 0.15) is 74.9 Å². The molecular weight excluding hydrogens is 699 g/mol. The summed E-state index contributed by atoms with van der Waals surface area (Å²) in [4.78, 5) is 2.49. The maximum Gasteiger partial charge on any atom is 0.0540 e. The van der Waals surface area contributed by atoms with Gasteiger partial charge in [-0.25, -0.2) is 0 Å². The topological polar surface area (TPSA) is 3.24 Å². The molecule has 0 heterocycles. The maximum atomic E-state index is 2.49. The first kappa shape index (κ1) is 34.8. The first-order chi connectivity index (χ1) is 28.0.